The topological polar surface area (TPSA) is 76.1 Å². The van der Waals surface area contributed by atoms with Crippen LogP contribution in [0, 0.1) is 4.77 Å². The maximum Gasteiger partial charge on any atom is 0.262 e. The van der Waals surface area contributed by atoms with Gasteiger partial charge in [0.15, 0.2) is 4.77 Å². The lowest BCUT2D eigenvalue weighted by molar-refractivity contribution is 0.0947. The number of ether oxygens (including phenoxy) is 1. The van der Waals surface area contributed by atoms with E-state index in [0.29, 0.717) is 40.9 Å². The number of nitrogens with zero attached hydrogens (tertiary/aromatic N) is 1. The Morgan fingerprint density at radius 2 is 2.00 bits per heavy atom. The van der Waals surface area contributed by atoms with Crippen LogP contribution in [0.4, 0.5) is 0 Å². The molecule has 0 unspecified atom stereocenters. The van der Waals surface area contributed by atoms with E-state index < -0.39 is 0 Å². The van der Waals surface area contributed by atoms with Gasteiger partial charge in [-0.2, -0.15) is 0 Å². The molecule has 1 amide bonds. The first kappa shape index (κ1) is 17.9. The number of carbonyl (C=O) groups is 1. The van der Waals surface area contributed by atoms with Gasteiger partial charge in [-0.25, -0.2) is 0 Å². The van der Waals surface area contributed by atoms with Crippen LogP contribution in [-0.4, -0.2) is 28.6 Å². The fourth-order valence-corrected chi connectivity index (χ4v) is 2.96. The molecule has 0 aliphatic heterocycles. The minimum absolute atomic E-state index is 0.158. The normalized spacial score (nSPS) is 10.7. The van der Waals surface area contributed by atoms with Gasteiger partial charge in [-0.1, -0.05) is 18.2 Å². The molecule has 3 rings (SSSR count). The summed E-state index contributed by atoms with van der Waals surface area (Å²) in [5.74, 6) is 0.523. The number of aromatic nitrogens is 2. The van der Waals surface area contributed by atoms with Crippen LogP contribution in [0.2, 0.25) is 0 Å². The molecule has 7 heteroatoms. The number of aromatic amines is 1. The molecule has 1 aromatic heterocycles. The molecule has 6 nitrogen and oxygen atoms in total. The first-order valence-corrected chi connectivity index (χ1v) is 8.74. The molecule has 0 fully saturated rings. The number of fused-ring (bicyclic) bond motifs is 1. The largest absolute Gasteiger partial charge is 0.492 e. The van der Waals surface area contributed by atoms with Crippen LogP contribution < -0.4 is 15.6 Å². The average molecular weight is 369 g/mol. The molecule has 1 heterocycles. The van der Waals surface area contributed by atoms with E-state index in [1.54, 1.807) is 18.2 Å². The number of amides is 1. The first-order valence-electron chi connectivity index (χ1n) is 8.33. The lowest BCUT2D eigenvalue weighted by Crippen LogP contribution is -2.28. The van der Waals surface area contributed by atoms with Crippen molar-refractivity contribution in [2.24, 2.45) is 0 Å². The van der Waals surface area contributed by atoms with E-state index in [4.69, 9.17) is 17.0 Å². The van der Waals surface area contributed by atoms with Crippen molar-refractivity contribution in [3.63, 3.8) is 0 Å². The second-order valence-corrected chi connectivity index (χ2v) is 6.04. The Labute approximate surface area is 155 Å². The van der Waals surface area contributed by atoms with E-state index in [1.165, 1.54) is 4.57 Å². The molecule has 26 heavy (non-hydrogen) atoms. The molecule has 2 aromatic carbocycles. The number of carbonyl (C=O) groups excluding carboxylic acids is 1. The number of hydrogen-bond acceptors (Lipinski definition) is 4. The molecule has 0 spiro atoms. The number of rotatable bonds is 6. The van der Waals surface area contributed by atoms with Gasteiger partial charge in [0.25, 0.3) is 11.5 Å². The van der Waals surface area contributed by atoms with E-state index in [-0.39, 0.29) is 11.5 Å². The molecule has 3 aromatic rings. The molecule has 0 bridgehead atoms. The summed E-state index contributed by atoms with van der Waals surface area (Å²) in [5, 5.41) is 3.30. The monoisotopic (exact) mass is 369 g/mol. The molecule has 2 N–H and O–H groups in total. The highest BCUT2D eigenvalue weighted by molar-refractivity contribution is 7.71. The second kappa shape index (κ2) is 7.97. The van der Waals surface area contributed by atoms with Crippen LogP contribution in [-0.2, 0) is 6.54 Å². The van der Waals surface area contributed by atoms with Gasteiger partial charge >= 0.3 is 0 Å². The first-order chi connectivity index (χ1) is 12.6. The summed E-state index contributed by atoms with van der Waals surface area (Å²) in [7, 11) is 0. The van der Waals surface area contributed by atoms with E-state index >= 15 is 0 Å². The highest BCUT2D eigenvalue weighted by atomic mass is 32.1. The zero-order valence-corrected chi connectivity index (χ0v) is 15.1. The Balaban J connectivity index is 1.69. The lowest BCUT2D eigenvalue weighted by Gasteiger charge is -2.09. The van der Waals surface area contributed by atoms with E-state index in [1.807, 2.05) is 37.3 Å². The maximum absolute atomic E-state index is 12.4. The van der Waals surface area contributed by atoms with Gasteiger partial charge < -0.3 is 15.0 Å². The van der Waals surface area contributed by atoms with Gasteiger partial charge in [0, 0.05) is 12.1 Å². The van der Waals surface area contributed by atoms with E-state index in [2.05, 4.69) is 10.3 Å². The van der Waals surface area contributed by atoms with Crippen molar-refractivity contribution in [3.8, 4) is 5.75 Å². The second-order valence-electron chi connectivity index (χ2n) is 5.66. The quantitative estimate of drug-likeness (QED) is 0.517. The standard InChI is InChI=1S/C19H19N3O3S/c1-2-22-18(24)15-9-8-13(12-16(15)21-19(22)26)17(23)20-10-11-25-14-6-4-3-5-7-14/h3-9,12H,2,10-11H2,1H3,(H,20,23)(H,21,26). The van der Waals surface area contributed by atoms with Crippen LogP contribution in [0.1, 0.15) is 17.3 Å². The molecule has 0 atom stereocenters. The van der Waals surface area contributed by atoms with Crippen LogP contribution in [0.15, 0.2) is 53.3 Å². The maximum atomic E-state index is 12.4. The number of para-hydroxylation sites is 1. The molecular formula is C19H19N3O3S. The zero-order chi connectivity index (χ0) is 18.5. The molecule has 0 aliphatic carbocycles. The highest BCUT2D eigenvalue weighted by Crippen LogP contribution is 2.11. The summed E-state index contributed by atoms with van der Waals surface area (Å²) in [6.07, 6.45) is 0. The van der Waals surface area contributed by atoms with Gasteiger partial charge in [0.2, 0.25) is 0 Å². The average Bonchev–Trinajstić information content (AvgIpc) is 2.65. The van der Waals surface area contributed by atoms with E-state index in [9.17, 15) is 9.59 Å². The molecule has 134 valence electrons. The Bertz CT molecular complexity index is 1040. The summed E-state index contributed by atoms with van der Waals surface area (Å²) >= 11 is 5.20. The third-order valence-electron chi connectivity index (χ3n) is 3.96. The van der Waals surface area contributed by atoms with Gasteiger partial charge in [-0.3, -0.25) is 14.2 Å². The van der Waals surface area contributed by atoms with Crippen LogP contribution in [0.5, 0.6) is 5.75 Å². The van der Waals surface area contributed by atoms with Crippen LogP contribution >= 0.6 is 12.2 Å². The highest BCUT2D eigenvalue weighted by Gasteiger charge is 2.09. The Hall–Kier alpha value is -2.93. The minimum atomic E-state index is -0.234. The predicted molar refractivity (Wildman–Crippen MR) is 103 cm³/mol. The molecule has 0 radical (unpaired) electrons. The Morgan fingerprint density at radius 1 is 1.23 bits per heavy atom. The summed E-state index contributed by atoms with van der Waals surface area (Å²) in [6, 6.07) is 14.3. The molecule has 0 saturated carbocycles. The number of H-pyrrole nitrogens is 1. The number of hydrogen-bond donors (Lipinski definition) is 2. The molecule has 0 aliphatic rings. The van der Waals surface area contributed by atoms with Gasteiger partial charge in [0.05, 0.1) is 17.4 Å². The third-order valence-corrected chi connectivity index (χ3v) is 4.28. The smallest absolute Gasteiger partial charge is 0.262 e. The van der Waals surface area contributed by atoms with Crippen molar-refractivity contribution in [1.29, 1.82) is 0 Å². The Kier molecular flexibility index (Phi) is 5.48. The van der Waals surface area contributed by atoms with Gasteiger partial charge in [-0.05, 0) is 49.5 Å². The van der Waals surface area contributed by atoms with Crippen molar-refractivity contribution in [3.05, 3.63) is 69.2 Å². The SMILES string of the molecule is CCn1c(=S)[nH]c2cc(C(=O)NCCOc3ccccc3)ccc2c1=O. The predicted octanol–water partition coefficient (Wildman–Crippen LogP) is 2.89. The van der Waals surface area contributed by atoms with Crippen LogP contribution in [0.25, 0.3) is 10.9 Å². The van der Waals surface area contributed by atoms with Crippen molar-refractivity contribution in [2.75, 3.05) is 13.2 Å². The summed E-state index contributed by atoms with van der Waals surface area (Å²) in [6.45, 7) is 3.09. The van der Waals surface area contributed by atoms with E-state index in [0.717, 1.165) is 5.75 Å². The zero-order valence-electron chi connectivity index (χ0n) is 14.3. The lowest BCUT2D eigenvalue weighted by atomic mass is 10.1. The summed E-state index contributed by atoms with van der Waals surface area (Å²) in [4.78, 5) is 27.7. The fourth-order valence-electron chi connectivity index (χ4n) is 2.64. The third kappa shape index (κ3) is 3.83. The minimum Gasteiger partial charge on any atom is -0.492 e. The van der Waals surface area contributed by atoms with Crippen molar-refractivity contribution in [1.82, 2.24) is 14.9 Å². The summed E-state index contributed by atoms with van der Waals surface area (Å²) in [5.41, 5.74) is 0.851. The van der Waals surface area contributed by atoms with Crippen molar-refractivity contribution >= 4 is 29.0 Å². The number of benzene rings is 2. The van der Waals surface area contributed by atoms with Crippen molar-refractivity contribution < 1.29 is 9.53 Å². The van der Waals surface area contributed by atoms with Crippen molar-refractivity contribution in [2.45, 2.75) is 13.5 Å². The Morgan fingerprint density at radius 3 is 2.73 bits per heavy atom. The van der Waals surface area contributed by atoms with Gasteiger partial charge in [0.1, 0.15) is 12.4 Å². The molecular weight excluding hydrogens is 350 g/mol. The van der Waals surface area contributed by atoms with Crippen LogP contribution in [0.3, 0.4) is 0 Å². The van der Waals surface area contributed by atoms with Gasteiger partial charge in [-0.15, -0.1) is 0 Å². The summed E-state index contributed by atoms with van der Waals surface area (Å²) < 4.78 is 7.37. The number of nitrogens with one attached hydrogen (secondary N) is 2. The fraction of sp³-hybridized carbons (Fsp3) is 0.211. The molecule has 0 saturated heterocycles.